The Morgan fingerprint density at radius 2 is 1.86 bits per heavy atom. The van der Waals surface area contributed by atoms with Crippen LogP contribution in [0.15, 0.2) is 30.3 Å². The third-order valence-corrected chi connectivity index (χ3v) is 6.29. The number of amides is 1. The first-order valence-electron chi connectivity index (χ1n) is 11.2. The lowest BCUT2D eigenvalue weighted by molar-refractivity contribution is -0.147. The van der Waals surface area contributed by atoms with E-state index < -0.39 is 48.1 Å². The van der Waals surface area contributed by atoms with Crippen molar-refractivity contribution in [3.8, 4) is 5.75 Å². The summed E-state index contributed by atoms with van der Waals surface area (Å²) in [4.78, 5) is 50.3. The van der Waals surface area contributed by atoms with E-state index >= 15 is 0 Å². The van der Waals surface area contributed by atoms with Crippen LogP contribution in [0.1, 0.15) is 46.8 Å². The summed E-state index contributed by atoms with van der Waals surface area (Å²) in [5.74, 6) is -5.63. The molecule has 13 heteroatoms. The number of esters is 1. The number of hydrogen-bond donors (Lipinski definition) is 5. The normalized spacial score (nSPS) is 12.7. The van der Waals surface area contributed by atoms with E-state index in [-0.39, 0.29) is 34.5 Å². The molecule has 2 aromatic rings. The molecule has 0 aliphatic rings. The Labute approximate surface area is 216 Å². The molecular formula is C24H29FN4O7S. The minimum atomic E-state index is -1.57. The van der Waals surface area contributed by atoms with Crippen LogP contribution in [0.25, 0.3) is 0 Å². The molecule has 2 rings (SSSR count). The smallest absolute Gasteiger partial charge is 0.353 e. The van der Waals surface area contributed by atoms with Gasteiger partial charge in [-0.15, -0.1) is 11.3 Å². The van der Waals surface area contributed by atoms with Gasteiger partial charge in [0.1, 0.15) is 16.8 Å². The molecule has 200 valence electrons. The summed E-state index contributed by atoms with van der Waals surface area (Å²) in [6.07, 6.45) is -0.384. The SMILES string of the molecule is CC(C)C[C@@H](C(=O)N[C@@H](CC(=O)O)C(=O)O)N(C)Cc1ccc(C(=O)Oc2ccc(C(=N)N)cc2F)s1. The summed E-state index contributed by atoms with van der Waals surface area (Å²) in [5, 5.41) is 27.8. The number of carbonyl (C=O) groups is 4. The fraction of sp³-hybridized carbons (Fsp3) is 0.375. The number of likely N-dealkylation sites (N-methyl/N-ethyl adjacent to an activating group) is 1. The van der Waals surface area contributed by atoms with Crippen molar-refractivity contribution >= 4 is 41.0 Å². The van der Waals surface area contributed by atoms with Gasteiger partial charge in [0.25, 0.3) is 0 Å². The Hall–Kier alpha value is -3.84. The van der Waals surface area contributed by atoms with Gasteiger partial charge in [-0.25, -0.2) is 14.0 Å². The van der Waals surface area contributed by atoms with Crippen LogP contribution < -0.4 is 15.8 Å². The largest absolute Gasteiger partial charge is 0.481 e. The highest BCUT2D eigenvalue weighted by Gasteiger charge is 2.30. The fourth-order valence-electron chi connectivity index (χ4n) is 3.41. The van der Waals surface area contributed by atoms with E-state index in [1.54, 1.807) is 18.0 Å². The number of nitrogens with zero attached hydrogens (tertiary/aromatic N) is 1. The molecule has 0 unspecified atom stereocenters. The summed E-state index contributed by atoms with van der Waals surface area (Å²) in [6.45, 7) is 4.00. The zero-order valence-electron chi connectivity index (χ0n) is 20.5. The van der Waals surface area contributed by atoms with Crippen molar-refractivity contribution in [2.45, 2.75) is 45.3 Å². The molecule has 1 heterocycles. The maximum absolute atomic E-state index is 14.2. The summed E-state index contributed by atoms with van der Waals surface area (Å²) in [6, 6.07) is 4.38. The minimum absolute atomic E-state index is 0.0686. The van der Waals surface area contributed by atoms with Gasteiger partial charge >= 0.3 is 17.9 Å². The van der Waals surface area contributed by atoms with E-state index in [9.17, 15) is 28.7 Å². The highest BCUT2D eigenvalue weighted by atomic mass is 32.1. The molecule has 0 saturated carbocycles. The van der Waals surface area contributed by atoms with Crippen molar-refractivity contribution in [1.82, 2.24) is 10.2 Å². The van der Waals surface area contributed by atoms with E-state index in [2.05, 4.69) is 5.32 Å². The number of thiophene rings is 1. The van der Waals surface area contributed by atoms with E-state index in [4.69, 9.17) is 21.0 Å². The average molecular weight is 537 g/mol. The van der Waals surface area contributed by atoms with Crippen LogP contribution in [0.3, 0.4) is 0 Å². The van der Waals surface area contributed by atoms with Crippen LogP contribution in [-0.4, -0.2) is 63.9 Å². The molecule has 0 aliphatic heterocycles. The lowest BCUT2D eigenvalue weighted by Crippen LogP contribution is -2.51. The molecule has 1 amide bonds. The molecular weight excluding hydrogens is 507 g/mol. The first-order valence-corrected chi connectivity index (χ1v) is 12.0. The molecule has 0 bridgehead atoms. The average Bonchev–Trinajstić information content (AvgIpc) is 3.26. The molecule has 0 radical (unpaired) electrons. The lowest BCUT2D eigenvalue weighted by Gasteiger charge is -2.29. The number of aliphatic carboxylic acids is 2. The molecule has 1 aromatic heterocycles. The van der Waals surface area contributed by atoms with Gasteiger partial charge in [-0.1, -0.05) is 13.8 Å². The van der Waals surface area contributed by atoms with Crippen molar-refractivity contribution in [2.24, 2.45) is 11.7 Å². The molecule has 0 fully saturated rings. The third kappa shape index (κ3) is 8.65. The van der Waals surface area contributed by atoms with Gasteiger partial charge in [0.15, 0.2) is 11.6 Å². The molecule has 2 atom stereocenters. The molecule has 0 spiro atoms. The summed E-state index contributed by atoms with van der Waals surface area (Å²) >= 11 is 1.08. The summed E-state index contributed by atoms with van der Waals surface area (Å²) in [5.41, 5.74) is 5.47. The predicted octanol–water partition coefficient (Wildman–Crippen LogP) is 2.28. The van der Waals surface area contributed by atoms with E-state index in [1.165, 1.54) is 18.2 Å². The van der Waals surface area contributed by atoms with Crippen molar-refractivity contribution in [1.29, 1.82) is 5.41 Å². The van der Waals surface area contributed by atoms with E-state index in [1.807, 2.05) is 13.8 Å². The first kappa shape index (κ1) is 29.4. The van der Waals surface area contributed by atoms with Gasteiger partial charge in [0, 0.05) is 17.0 Å². The number of benzene rings is 1. The standard InChI is InChI=1S/C24H29FN4O7S/c1-12(2)8-17(22(32)28-16(23(33)34)10-20(30)31)29(3)11-14-5-7-19(37-14)24(35)36-18-6-4-13(21(26)27)9-15(18)25/h4-7,9,12,16-17H,8,10-11H2,1-3H3,(H3,26,27)(H,28,32)(H,30,31)(H,33,34)/t16-,17-/m0/s1. The lowest BCUT2D eigenvalue weighted by atomic mass is 10.0. The number of hydrogen-bond acceptors (Lipinski definition) is 8. The molecule has 0 saturated heterocycles. The number of nitrogen functional groups attached to an aromatic ring is 1. The van der Waals surface area contributed by atoms with E-state index in [0.29, 0.717) is 11.3 Å². The number of carbonyl (C=O) groups excluding carboxylic acids is 2. The van der Waals surface area contributed by atoms with Crippen LogP contribution >= 0.6 is 11.3 Å². The molecule has 11 nitrogen and oxygen atoms in total. The van der Waals surface area contributed by atoms with Crippen molar-refractivity contribution in [2.75, 3.05) is 7.05 Å². The number of nitrogens with one attached hydrogen (secondary N) is 2. The molecule has 6 N–H and O–H groups in total. The second kappa shape index (κ2) is 12.9. The summed E-state index contributed by atoms with van der Waals surface area (Å²) in [7, 11) is 1.66. The van der Waals surface area contributed by atoms with Gasteiger partial charge in [-0.3, -0.25) is 19.9 Å². The van der Waals surface area contributed by atoms with Crippen LogP contribution in [0.5, 0.6) is 5.75 Å². The quantitative estimate of drug-likeness (QED) is 0.111. The third-order valence-electron chi connectivity index (χ3n) is 5.24. The van der Waals surface area contributed by atoms with Crippen molar-refractivity contribution in [3.05, 3.63) is 51.5 Å². The Morgan fingerprint density at radius 3 is 2.41 bits per heavy atom. The Bertz CT molecular complexity index is 1180. The van der Waals surface area contributed by atoms with Crippen LogP contribution in [0, 0.1) is 17.1 Å². The zero-order chi connectivity index (χ0) is 27.9. The second-order valence-electron chi connectivity index (χ2n) is 8.77. The van der Waals surface area contributed by atoms with Gasteiger partial charge in [-0.2, -0.15) is 0 Å². The predicted molar refractivity (Wildman–Crippen MR) is 133 cm³/mol. The Kier molecular flexibility index (Phi) is 10.3. The Balaban J connectivity index is 2.11. The van der Waals surface area contributed by atoms with Crippen LogP contribution in [0.4, 0.5) is 4.39 Å². The topological polar surface area (TPSA) is 183 Å². The van der Waals surface area contributed by atoms with Crippen molar-refractivity contribution < 1.29 is 38.5 Å². The van der Waals surface area contributed by atoms with Gasteiger partial charge < -0.3 is 26.0 Å². The number of rotatable bonds is 13. The molecule has 0 aliphatic carbocycles. The Morgan fingerprint density at radius 1 is 1.19 bits per heavy atom. The number of ether oxygens (including phenoxy) is 1. The molecule has 1 aromatic carbocycles. The second-order valence-corrected chi connectivity index (χ2v) is 9.94. The highest BCUT2D eigenvalue weighted by Crippen LogP contribution is 2.24. The van der Waals surface area contributed by atoms with Gasteiger partial charge in [0.2, 0.25) is 5.91 Å². The van der Waals surface area contributed by atoms with Gasteiger partial charge in [0.05, 0.1) is 12.5 Å². The van der Waals surface area contributed by atoms with Crippen LogP contribution in [0.2, 0.25) is 0 Å². The number of halogens is 1. The maximum Gasteiger partial charge on any atom is 0.353 e. The zero-order valence-corrected chi connectivity index (χ0v) is 21.3. The highest BCUT2D eigenvalue weighted by molar-refractivity contribution is 7.13. The number of carboxylic acid groups (broad SMARTS) is 2. The number of carboxylic acids is 2. The van der Waals surface area contributed by atoms with Crippen LogP contribution in [-0.2, 0) is 20.9 Å². The molecule has 37 heavy (non-hydrogen) atoms. The number of amidine groups is 1. The fourth-order valence-corrected chi connectivity index (χ4v) is 4.35. The maximum atomic E-state index is 14.2. The number of nitrogens with two attached hydrogens (primary N) is 1. The first-order chi connectivity index (χ1) is 17.3. The minimum Gasteiger partial charge on any atom is -0.481 e. The van der Waals surface area contributed by atoms with E-state index in [0.717, 1.165) is 17.4 Å². The van der Waals surface area contributed by atoms with Gasteiger partial charge in [-0.05, 0) is 49.7 Å². The monoisotopic (exact) mass is 536 g/mol. The van der Waals surface area contributed by atoms with Crippen molar-refractivity contribution in [3.63, 3.8) is 0 Å². The summed E-state index contributed by atoms with van der Waals surface area (Å²) < 4.78 is 19.3.